The summed E-state index contributed by atoms with van der Waals surface area (Å²) in [6.45, 7) is 1.93. The van der Waals surface area contributed by atoms with E-state index < -0.39 is 11.7 Å². The minimum absolute atomic E-state index is 0.0108. The number of ether oxygens (including phenoxy) is 1. The molecule has 4 N–H and O–H groups in total. The van der Waals surface area contributed by atoms with Gasteiger partial charge in [-0.15, -0.1) is 0 Å². The van der Waals surface area contributed by atoms with E-state index >= 15 is 0 Å². The summed E-state index contributed by atoms with van der Waals surface area (Å²) in [6, 6.07) is 18.5. The Hall–Kier alpha value is -5.20. The van der Waals surface area contributed by atoms with Crippen molar-refractivity contribution in [2.75, 3.05) is 19.7 Å². The van der Waals surface area contributed by atoms with Crippen LogP contribution < -0.4 is 20.7 Å². The highest BCUT2D eigenvalue weighted by atomic mass is 19.1. The zero-order valence-corrected chi connectivity index (χ0v) is 27.1. The second-order valence-electron chi connectivity index (χ2n) is 12.2. The number of carbonyl (C=O) groups excluding carboxylic acids is 2. The van der Waals surface area contributed by atoms with E-state index in [2.05, 4.69) is 55.3 Å². The largest absolute Gasteiger partial charge is 0.438 e. The van der Waals surface area contributed by atoms with Crippen molar-refractivity contribution >= 4 is 17.5 Å². The summed E-state index contributed by atoms with van der Waals surface area (Å²) in [5, 5.41) is 22.5. The molecule has 0 unspecified atom stereocenters. The standard InChI is InChI=1S/C37H40FN7O4/c38-28-22-32(35(47)43-29-12-14-30(15-13-29)44-36(48)33-24-42-45-19-3-18-40-34(33)45)37(41-23-28)49-31-7-1-6-27(21-31)26-10-8-25(9-11-26)5-2-16-39-17-4-20-46/h1,3,6-11,18-19,21-24,29-30,39,46H,2,4-5,12-17,20H2,(H,43,47)(H,44,48)/t29-,30+. The molecule has 1 aliphatic rings. The highest BCUT2D eigenvalue weighted by Gasteiger charge is 2.27. The minimum Gasteiger partial charge on any atom is -0.438 e. The van der Waals surface area contributed by atoms with Crippen LogP contribution >= 0.6 is 0 Å². The van der Waals surface area contributed by atoms with Crippen molar-refractivity contribution in [3.63, 3.8) is 0 Å². The first-order valence-corrected chi connectivity index (χ1v) is 16.7. The second kappa shape index (κ2) is 16.3. The van der Waals surface area contributed by atoms with Crippen LogP contribution in [-0.4, -0.2) is 68.3 Å². The van der Waals surface area contributed by atoms with Crippen LogP contribution in [0.25, 0.3) is 16.8 Å². The zero-order chi connectivity index (χ0) is 34.0. The highest BCUT2D eigenvalue weighted by Crippen LogP contribution is 2.29. The number of aromatic nitrogens is 4. The Morgan fingerprint density at radius 3 is 2.35 bits per heavy atom. The van der Waals surface area contributed by atoms with E-state index in [4.69, 9.17) is 9.84 Å². The Labute approximate surface area is 283 Å². The number of hydrogen-bond acceptors (Lipinski definition) is 8. The third-order valence-corrected chi connectivity index (χ3v) is 8.65. The molecule has 11 nitrogen and oxygen atoms in total. The van der Waals surface area contributed by atoms with Gasteiger partial charge in [-0.25, -0.2) is 18.9 Å². The summed E-state index contributed by atoms with van der Waals surface area (Å²) < 4.78 is 21.9. The third-order valence-electron chi connectivity index (χ3n) is 8.65. The van der Waals surface area contributed by atoms with Gasteiger partial charge in [0.25, 0.3) is 11.8 Å². The minimum atomic E-state index is -0.638. The molecule has 5 aromatic rings. The van der Waals surface area contributed by atoms with Crippen molar-refractivity contribution in [1.29, 1.82) is 0 Å². The maximum atomic E-state index is 14.3. The number of nitrogens with one attached hydrogen (secondary N) is 3. The van der Waals surface area contributed by atoms with Crippen LogP contribution in [0.4, 0.5) is 4.39 Å². The van der Waals surface area contributed by atoms with Crippen LogP contribution in [0.2, 0.25) is 0 Å². The average Bonchev–Trinajstić information content (AvgIpc) is 3.56. The van der Waals surface area contributed by atoms with E-state index in [0.29, 0.717) is 42.6 Å². The lowest BCUT2D eigenvalue weighted by molar-refractivity contribution is 0.0890. The third kappa shape index (κ3) is 8.84. The Kier molecular flexibility index (Phi) is 11.2. The van der Waals surface area contributed by atoms with Gasteiger partial charge >= 0.3 is 0 Å². The number of aliphatic hydroxyl groups excluding tert-OH is 1. The average molecular weight is 666 g/mol. The maximum absolute atomic E-state index is 14.3. The first-order chi connectivity index (χ1) is 24.0. The molecule has 0 saturated heterocycles. The molecule has 49 heavy (non-hydrogen) atoms. The summed E-state index contributed by atoms with van der Waals surface area (Å²) >= 11 is 0. The fourth-order valence-corrected chi connectivity index (χ4v) is 6.03. The van der Waals surface area contributed by atoms with Crippen molar-refractivity contribution in [2.24, 2.45) is 0 Å². The summed E-state index contributed by atoms with van der Waals surface area (Å²) in [5.41, 5.74) is 4.11. The van der Waals surface area contributed by atoms with Crippen LogP contribution in [-0.2, 0) is 6.42 Å². The zero-order valence-electron chi connectivity index (χ0n) is 27.1. The Morgan fingerprint density at radius 1 is 0.857 bits per heavy atom. The molecule has 0 bridgehead atoms. The molecule has 3 heterocycles. The van der Waals surface area contributed by atoms with Gasteiger partial charge in [-0.2, -0.15) is 5.10 Å². The quantitative estimate of drug-likeness (QED) is 0.120. The van der Waals surface area contributed by atoms with E-state index in [1.165, 1.54) is 11.8 Å². The monoisotopic (exact) mass is 665 g/mol. The molecular weight excluding hydrogens is 625 g/mol. The number of amides is 2. The summed E-state index contributed by atoms with van der Waals surface area (Å²) in [4.78, 5) is 34.6. The number of rotatable bonds is 14. The molecule has 1 saturated carbocycles. The van der Waals surface area contributed by atoms with Crippen molar-refractivity contribution in [2.45, 2.75) is 57.0 Å². The Morgan fingerprint density at radius 2 is 1.59 bits per heavy atom. The van der Waals surface area contributed by atoms with Crippen LogP contribution in [0.15, 0.2) is 85.5 Å². The smallest absolute Gasteiger partial charge is 0.257 e. The second-order valence-corrected chi connectivity index (χ2v) is 12.2. The van der Waals surface area contributed by atoms with E-state index in [9.17, 15) is 14.0 Å². The van der Waals surface area contributed by atoms with Crippen LogP contribution in [0.1, 0.15) is 64.8 Å². The van der Waals surface area contributed by atoms with Gasteiger partial charge in [0.1, 0.15) is 22.7 Å². The number of aryl methyl sites for hydroxylation is 1. The molecule has 0 aliphatic heterocycles. The lowest BCUT2D eigenvalue weighted by Gasteiger charge is -2.29. The normalized spacial score (nSPS) is 16.0. The molecule has 1 fully saturated rings. The molecule has 1 aliphatic carbocycles. The number of fused-ring (bicyclic) bond motifs is 1. The Bertz CT molecular complexity index is 1870. The predicted molar refractivity (Wildman–Crippen MR) is 183 cm³/mol. The molecule has 254 valence electrons. The topological polar surface area (TPSA) is 143 Å². The van der Waals surface area contributed by atoms with Crippen molar-refractivity contribution < 1.29 is 23.8 Å². The number of benzene rings is 2. The maximum Gasteiger partial charge on any atom is 0.257 e. The van der Waals surface area contributed by atoms with Gasteiger partial charge in [-0.3, -0.25) is 9.59 Å². The SMILES string of the molecule is O=C(N[C@H]1CC[C@@H](NC(=O)c2cnn3cccnc23)CC1)c1cc(F)cnc1Oc1cccc(-c2ccc(CCCNCCCO)cc2)c1. The Balaban J connectivity index is 1.03. The lowest BCUT2D eigenvalue weighted by Crippen LogP contribution is -2.43. The molecule has 3 aromatic heterocycles. The first-order valence-electron chi connectivity index (χ1n) is 16.7. The molecule has 12 heteroatoms. The van der Waals surface area contributed by atoms with Crippen LogP contribution in [0.3, 0.4) is 0 Å². The van der Waals surface area contributed by atoms with Crippen molar-refractivity contribution in [3.05, 3.63) is 108 Å². The number of aliphatic hydroxyl groups is 1. The summed E-state index contributed by atoms with van der Waals surface area (Å²) in [6.07, 6.45) is 11.3. The molecule has 0 radical (unpaired) electrons. The highest BCUT2D eigenvalue weighted by molar-refractivity contribution is 5.99. The number of halogens is 1. The van der Waals surface area contributed by atoms with Crippen LogP contribution in [0.5, 0.6) is 11.6 Å². The van der Waals surface area contributed by atoms with Crippen molar-refractivity contribution in [1.82, 2.24) is 35.5 Å². The van der Waals surface area contributed by atoms with Gasteiger partial charge in [-0.1, -0.05) is 36.4 Å². The lowest BCUT2D eigenvalue weighted by atomic mass is 9.91. The molecule has 6 rings (SSSR count). The molecule has 2 amide bonds. The van der Waals surface area contributed by atoms with Gasteiger partial charge < -0.3 is 25.8 Å². The van der Waals surface area contributed by atoms with Gasteiger partial charge in [0.2, 0.25) is 5.88 Å². The van der Waals surface area contributed by atoms with E-state index in [0.717, 1.165) is 55.7 Å². The van der Waals surface area contributed by atoms with E-state index in [-0.39, 0.29) is 36.0 Å². The number of pyridine rings is 1. The predicted octanol–water partition coefficient (Wildman–Crippen LogP) is 5.10. The van der Waals surface area contributed by atoms with Gasteiger partial charge in [-0.05, 0) is 99.0 Å². The van der Waals surface area contributed by atoms with Crippen LogP contribution in [0, 0.1) is 5.82 Å². The van der Waals surface area contributed by atoms with Gasteiger partial charge in [0.15, 0.2) is 5.65 Å². The fraction of sp³-hybridized carbons (Fsp3) is 0.324. The molecular formula is C37H40FN7O4. The molecule has 0 spiro atoms. The first kappa shape index (κ1) is 33.7. The summed E-state index contributed by atoms with van der Waals surface area (Å²) in [7, 11) is 0. The molecule has 2 aromatic carbocycles. The summed E-state index contributed by atoms with van der Waals surface area (Å²) in [5.74, 6) is -0.851. The van der Waals surface area contributed by atoms with Gasteiger partial charge in [0, 0.05) is 31.1 Å². The van der Waals surface area contributed by atoms with E-state index in [1.54, 1.807) is 29.0 Å². The number of nitrogens with zero attached hydrogens (tertiary/aromatic N) is 4. The molecule has 0 atom stereocenters. The number of hydrogen-bond donors (Lipinski definition) is 4. The van der Waals surface area contributed by atoms with Gasteiger partial charge in [0.05, 0.1) is 12.4 Å². The number of carbonyl (C=O) groups is 2. The van der Waals surface area contributed by atoms with Crippen molar-refractivity contribution in [3.8, 4) is 22.8 Å². The van der Waals surface area contributed by atoms with E-state index in [1.807, 2.05) is 18.2 Å². The fourth-order valence-electron chi connectivity index (χ4n) is 6.03.